The first kappa shape index (κ1) is 29.3. The van der Waals surface area contributed by atoms with Gasteiger partial charge in [-0.2, -0.15) is 11.8 Å². The fraction of sp³-hybridized carbons (Fsp3) is 0.750. The minimum atomic E-state index is 0. The van der Waals surface area contributed by atoms with Crippen LogP contribution in [-0.4, -0.2) is 0 Å². The summed E-state index contributed by atoms with van der Waals surface area (Å²) in [7, 11) is 0. The van der Waals surface area contributed by atoms with E-state index in [1.807, 2.05) is 0 Å². The first-order valence-electron chi connectivity index (χ1n) is 3.13. The van der Waals surface area contributed by atoms with Gasteiger partial charge in [0.05, 0.1) is 0 Å². The normalized spacial score (nSPS) is 6.55. The van der Waals surface area contributed by atoms with Gasteiger partial charge in [0.2, 0.25) is 0 Å². The monoisotopic (exact) mass is 320 g/mol. The molecule has 68 valence electrons. The van der Waals surface area contributed by atoms with Crippen LogP contribution < -0.4 is 34.0 Å². The van der Waals surface area contributed by atoms with Crippen molar-refractivity contribution in [1.29, 1.82) is 0 Å². The molecule has 0 atom stereocenters. The molecule has 0 rings (SSSR count). The maximum Gasteiger partial charge on any atom is 4.00 e. The zero-order valence-electron chi connectivity index (χ0n) is 7.82. The summed E-state index contributed by atoms with van der Waals surface area (Å²) in [4.78, 5) is 0. The van der Waals surface area contributed by atoms with E-state index in [0.717, 1.165) is 0 Å². The molecule has 0 bridgehead atoms. The van der Waals surface area contributed by atoms with Crippen LogP contribution >= 0.6 is 0 Å². The zero-order valence-corrected chi connectivity index (χ0v) is 12.6. The van der Waals surface area contributed by atoms with Gasteiger partial charge in [-0.1, -0.05) is 27.7 Å². The van der Waals surface area contributed by atoms with Crippen LogP contribution in [0.15, 0.2) is 0 Å². The van der Waals surface area contributed by atoms with Gasteiger partial charge in [0.25, 0.3) is 0 Å². The van der Waals surface area contributed by atoms with E-state index in [1.54, 1.807) is 0 Å². The molecule has 0 unspecified atom stereocenters. The SMILES string of the molecule is [Br-].[Br-].[CH2-]C(C)C.[CH2-]C(C)C.[Ti+4]. The molecule has 0 heterocycles. The van der Waals surface area contributed by atoms with Crippen LogP contribution in [-0.2, 0) is 21.7 Å². The van der Waals surface area contributed by atoms with Crippen LogP contribution in [0.5, 0.6) is 0 Å². The Kier molecular flexibility index (Phi) is 60.2. The first-order chi connectivity index (χ1) is 3.46. The van der Waals surface area contributed by atoms with Crippen LogP contribution in [0.4, 0.5) is 0 Å². The third kappa shape index (κ3) is 390. The summed E-state index contributed by atoms with van der Waals surface area (Å²) in [5, 5.41) is 0. The van der Waals surface area contributed by atoms with Crippen molar-refractivity contribution >= 4 is 0 Å². The largest absolute Gasteiger partial charge is 4.00 e. The molecule has 0 spiro atoms. The van der Waals surface area contributed by atoms with Gasteiger partial charge in [-0.25, -0.2) is 0 Å². The molecule has 0 fully saturated rings. The van der Waals surface area contributed by atoms with Crippen molar-refractivity contribution in [3.63, 3.8) is 0 Å². The van der Waals surface area contributed by atoms with Crippen molar-refractivity contribution in [2.24, 2.45) is 11.8 Å². The van der Waals surface area contributed by atoms with Crippen molar-refractivity contribution in [2.75, 3.05) is 0 Å². The summed E-state index contributed by atoms with van der Waals surface area (Å²) in [6.45, 7) is 15.5. The Bertz CT molecular complexity index is 27.6. The van der Waals surface area contributed by atoms with Crippen LogP contribution in [0.1, 0.15) is 27.7 Å². The van der Waals surface area contributed by atoms with Crippen molar-refractivity contribution in [1.82, 2.24) is 0 Å². The molecule has 0 radical (unpaired) electrons. The fourth-order valence-electron chi connectivity index (χ4n) is 0. The molecule has 11 heavy (non-hydrogen) atoms. The third-order valence-corrected chi connectivity index (χ3v) is 0. The molecule has 0 saturated carbocycles. The van der Waals surface area contributed by atoms with Gasteiger partial charge in [0.1, 0.15) is 0 Å². The minimum absolute atomic E-state index is 0. The summed E-state index contributed by atoms with van der Waals surface area (Å²) in [5.74, 6) is 1.17. The van der Waals surface area contributed by atoms with E-state index in [1.165, 1.54) is 0 Å². The molecule has 0 aliphatic carbocycles. The molecule has 0 aromatic heterocycles. The molecule has 0 nitrogen and oxygen atoms in total. The summed E-state index contributed by atoms with van der Waals surface area (Å²) >= 11 is 0. The van der Waals surface area contributed by atoms with E-state index in [9.17, 15) is 0 Å². The van der Waals surface area contributed by atoms with Gasteiger partial charge >= 0.3 is 21.7 Å². The predicted octanol–water partition coefficient (Wildman–Crippen LogP) is -3.04. The Morgan fingerprint density at radius 3 is 0.727 bits per heavy atom. The molecule has 0 amide bonds. The molecular weight excluding hydrogens is 304 g/mol. The van der Waals surface area contributed by atoms with E-state index >= 15 is 0 Å². The second kappa shape index (κ2) is 22.6. The molecular formula is C8H18Br2Ti. The van der Waals surface area contributed by atoms with E-state index in [0.29, 0.717) is 11.8 Å². The van der Waals surface area contributed by atoms with Gasteiger partial charge in [0, 0.05) is 0 Å². The van der Waals surface area contributed by atoms with Crippen LogP contribution in [0.2, 0.25) is 0 Å². The third-order valence-electron chi connectivity index (χ3n) is 0. The first-order valence-corrected chi connectivity index (χ1v) is 3.13. The predicted molar refractivity (Wildman–Crippen MR) is 40.4 cm³/mol. The van der Waals surface area contributed by atoms with E-state index in [-0.39, 0.29) is 55.7 Å². The Morgan fingerprint density at radius 1 is 0.727 bits per heavy atom. The average Bonchev–Trinajstić information content (AvgIpc) is 1.25. The fourth-order valence-corrected chi connectivity index (χ4v) is 0. The Hall–Kier alpha value is 1.67. The van der Waals surface area contributed by atoms with E-state index < -0.39 is 0 Å². The topological polar surface area (TPSA) is 0 Å². The van der Waals surface area contributed by atoms with Crippen molar-refractivity contribution in [2.45, 2.75) is 27.7 Å². The summed E-state index contributed by atoms with van der Waals surface area (Å²) in [6.07, 6.45) is 0. The molecule has 0 aliphatic rings. The Balaban J connectivity index is -0.0000000171. The standard InChI is InChI=1S/2C4H9.2BrH.Ti/c2*1-4(2)3;;;/h2*4H,1H2,2-3H3;2*1H;/q2*-1;;;+4/p-2. The van der Waals surface area contributed by atoms with Crippen molar-refractivity contribution < 1.29 is 55.7 Å². The van der Waals surface area contributed by atoms with Gasteiger partial charge in [-0.05, 0) is 0 Å². The van der Waals surface area contributed by atoms with Crippen molar-refractivity contribution in [3.8, 4) is 0 Å². The van der Waals surface area contributed by atoms with E-state index in [4.69, 9.17) is 0 Å². The van der Waals surface area contributed by atoms with Crippen LogP contribution in [0.3, 0.4) is 0 Å². The number of hydrogen-bond acceptors (Lipinski definition) is 0. The van der Waals surface area contributed by atoms with Gasteiger partial charge in [-0.3, -0.25) is 0 Å². The average molecular weight is 322 g/mol. The summed E-state index contributed by atoms with van der Waals surface area (Å²) in [6, 6.07) is 0. The van der Waals surface area contributed by atoms with E-state index in [2.05, 4.69) is 41.5 Å². The quantitative estimate of drug-likeness (QED) is 0.329. The molecule has 3 heteroatoms. The maximum absolute atomic E-state index is 3.64. The Labute approximate surface area is 108 Å². The number of halogens is 2. The van der Waals surface area contributed by atoms with Gasteiger partial charge < -0.3 is 47.8 Å². The van der Waals surface area contributed by atoms with Crippen LogP contribution in [0, 0.1) is 25.7 Å². The molecule has 0 N–H and O–H groups in total. The second-order valence-electron chi connectivity index (χ2n) is 2.79. The molecule has 0 aromatic rings. The summed E-state index contributed by atoms with van der Waals surface area (Å²) < 4.78 is 0. The second-order valence-corrected chi connectivity index (χ2v) is 2.79. The van der Waals surface area contributed by atoms with Gasteiger partial charge in [0.15, 0.2) is 0 Å². The maximum atomic E-state index is 3.64. The van der Waals surface area contributed by atoms with Crippen LogP contribution in [0.25, 0.3) is 0 Å². The minimum Gasteiger partial charge on any atom is -1.00 e. The van der Waals surface area contributed by atoms with Crippen molar-refractivity contribution in [3.05, 3.63) is 13.8 Å². The molecule has 0 aliphatic heterocycles. The number of rotatable bonds is 0. The number of hydrogen-bond donors (Lipinski definition) is 0. The smallest absolute Gasteiger partial charge is 1.00 e. The molecule has 0 aromatic carbocycles. The summed E-state index contributed by atoms with van der Waals surface area (Å²) in [5.41, 5.74) is 0. The Morgan fingerprint density at radius 2 is 0.727 bits per heavy atom. The van der Waals surface area contributed by atoms with Gasteiger partial charge in [-0.15, -0.1) is 0 Å². The molecule has 0 saturated heterocycles. The zero-order chi connectivity index (χ0) is 7.15.